The number of nitrogens with one attached hydrogen (secondary N) is 1. The number of tetrazole rings is 1. The first-order valence-electron chi connectivity index (χ1n) is 7.93. The normalized spacial score (nSPS) is 12.0. The molecule has 1 aromatic heterocycles. The number of hydrogen-bond acceptors (Lipinski definition) is 5. The Hall–Kier alpha value is -2.67. The Bertz CT molecular complexity index is 878. The number of carbonyl (C=O) groups excluding carboxylic acids is 1. The molecule has 0 fully saturated rings. The number of nitrogens with zero attached hydrogens (tertiary/aromatic N) is 4. The van der Waals surface area contributed by atoms with Crippen molar-refractivity contribution in [2.45, 2.75) is 31.2 Å². The largest absolute Gasteiger partial charge is 0.325 e. The molecule has 3 rings (SSSR count). The number of thioether (sulfide) groups is 1. The van der Waals surface area contributed by atoms with Crippen LogP contribution in [0.3, 0.4) is 0 Å². The molecule has 0 radical (unpaired) electrons. The number of amides is 1. The van der Waals surface area contributed by atoms with Crippen LogP contribution in [0.15, 0.2) is 53.7 Å². The summed E-state index contributed by atoms with van der Waals surface area (Å²) in [5, 5.41) is 15.1. The summed E-state index contributed by atoms with van der Waals surface area (Å²) in [5.74, 6) is -0.0913. The van der Waals surface area contributed by atoms with Crippen molar-refractivity contribution < 1.29 is 4.79 Å². The fourth-order valence-electron chi connectivity index (χ4n) is 2.42. The van der Waals surface area contributed by atoms with Crippen LogP contribution < -0.4 is 5.32 Å². The monoisotopic (exact) mass is 353 g/mol. The van der Waals surface area contributed by atoms with Gasteiger partial charge in [-0.05, 0) is 55.0 Å². The molecule has 0 saturated carbocycles. The van der Waals surface area contributed by atoms with E-state index < -0.39 is 0 Å². The topological polar surface area (TPSA) is 72.7 Å². The molecule has 3 aromatic rings. The number of para-hydroxylation sites is 1. The van der Waals surface area contributed by atoms with Gasteiger partial charge in [0, 0.05) is 5.69 Å². The second-order valence-corrected chi connectivity index (χ2v) is 7.09. The fraction of sp³-hybridized carbons (Fsp3) is 0.222. The number of hydrogen-bond donors (Lipinski definition) is 1. The zero-order chi connectivity index (χ0) is 17.8. The maximum atomic E-state index is 12.4. The van der Waals surface area contributed by atoms with Crippen LogP contribution in [-0.2, 0) is 4.79 Å². The average molecular weight is 353 g/mol. The third-order valence-corrected chi connectivity index (χ3v) is 4.75. The quantitative estimate of drug-likeness (QED) is 0.712. The van der Waals surface area contributed by atoms with E-state index in [9.17, 15) is 4.79 Å². The summed E-state index contributed by atoms with van der Waals surface area (Å²) in [6, 6.07) is 15.5. The van der Waals surface area contributed by atoms with E-state index in [1.165, 1.54) is 17.3 Å². The van der Waals surface area contributed by atoms with Crippen molar-refractivity contribution in [3.63, 3.8) is 0 Å². The number of rotatable bonds is 5. The third kappa shape index (κ3) is 4.06. The van der Waals surface area contributed by atoms with E-state index in [4.69, 9.17) is 0 Å². The van der Waals surface area contributed by atoms with Crippen LogP contribution in [0.1, 0.15) is 18.1 Å². The molecular weight excluding hydrogens is 334 g/mol. The van der Waals surface area contributed by atoms with Crippen molar-refractivity contribution >= 4 is 23.4 Å². The first-order valence-corrected chi connectivity index (χ1v) is 8.81. The van der Waals surface area contributed by atoms with E-state index in [1.54, 1.807) is 4.68 Å². The molecule has 128 valence electrons. The molecule has 1 unspecified atom stereocenters. The van der Waals surface area contributed by atoms with Crippen LogP contribution >= 0.6 is 11.8 Å². The van der Waals surface area contributed by atoms with E-state index in [2.05, 4.69) is 26.9 Å². The fourth-order valence-corrected chi connectivity index (χ4v) is 3.22. The minimum absolute atomic E-state index is 0.0913. The summed E-state index contributed by atoms with van der Waals surface area (Å²) in [7, 11) is 0. The Morgan fingerprint density at radius 2 is 1.92 bits per heavy atom. The first-order chi connectivity index (χ1) is 12.0. The predicted molar refractivity (Wildman–Crippen MR) is 99.0 cm³/mol. The maximum absolute atomic E-state index is 12.4. The molecule has 0 saturated heterocycles. The van der Waals surface area contributed by atoms with Crippen LogP contribution in [0.4, 0.5) is 5.69 Å². The van der Waals surface area contributed by atoms with E-state index in [1.807, 2.05) is 63.2 Å². The molecule has 2 aromatic carbocycles. The number of benzene rings is 2. The molecule has 25 heavy (non-hydrogen) atoms. The molecular formula is C18H19N5OS. The number of aromatic nitrogens is 4. The van der Waals surface area contributed by atoms with E-state index in [0.29, 0.717) is 5.16 Å². The highest BCUT2D eigenvalue weighted by Crippen LogP contribution is 2.25. The first kappa shape index (κ1) is 17.2. The Kier molecular flexibility index (Phi) is 5.14. The predicted octanol–water partition coefficient (Wildman–Crippen LogP) is 3.40. The SMILES string of the molecule is Cc1ccc(-n2nnnc2SC(C)C(=O)Nc2ccccc2)c(C)c1. The number of carbonyl (C=O) groups is 1. The summed E-state index contributed by atoms with van der Waals surface area (Å²) >= 11 is 1.33. The highest BCUT2D eigenvalue weighted by atomic mass is 32.2. The summed E-state index contributed by atoms with van der Waals surface area (Å²) in [6.07, 6.45) is 0. The second-order valence-electron chi connectivity index (χ2n) is 5.78. The summed E-state index contributed by atoms with van der Waals surface area (Å²) < 4.78 is 1.67. The van der Waals surface area contributed by atoms with Gasteiger partial charge in [-0.2, -0.15) is 4.68 Å². The molecule has 0 bridgehead atoms. The van der Waals surface area contributed by atoms with Crippen LogP contribution in [0.2, 0.25) is 0 Å². The molecule has 7 heteroatoms. The van der Waals surface area contributed by atoms with Crippen LogP contribution in [0.25, 0.3) is 5.69 Å². The third-order valence-electron chi connectivity index (χ3n) is 3.71. The Morgan fingerprint density at radius 3 is 2.64 bits per heavy atom. The minimum atomic E-state index is -0.337. The number of anilines is 1. The summed E-state index contributed by atoms with van der Waals surface area (Å²) in [4.78, 5) is 12.4. The van der Waals surface area contributed by atoms with Gasteiger partial charge in [-0.25, -0.2) is 0 Å². The lowest BCUT2D eigenvalue weighted by Gasteiger charge is -2.12. The molecule has 0 aliphatic rings. The van der Waals surface area contributed by atoms with Gasteiger partial charge < -0.3 is 5.32 Å². The molecule has 0 aliphatic heterocycles. The Morgan fingerprint density at radius 1 is 1.16 bits per heavy atom. The molecule has 1 atom stereocenters. The zero-order valence-corrected chi connectivity index (χ0v) is 15.1. The van der Waals surface area contributed by atoms with Gasteiger partial charge >= 0.3 is 0 Å². The van der Waals surface area contributed by atoms with Crippen LogP contribution in [0, 0.1) is 13.8 Å². The molecule has 6 nitrogen and oxygen atoms in total. The maximum Gasteiger partial charge on any atom is 0.237 e. The van der Waals surface area contributed by atoms with Crippen molar-refractivity contribution in [1.82, 2.24) is 20.2 Å². The van der Waals surface area contributed by atoms with Gasteiger partial charge in [0.15, 0.2) is 0 Å². The van der Waals surface area contributed by atoms with E-state index in [-0.39, 0.29) is 11.2 Å². The molecule has 1 N–H and O–H groups in total. The van der Waals surface area contributed by atoms with Gasteiger partial charge in [-0.1, -0.05) is 47.7 Å². The van der Waals surface area contributed by atoms with E-state index >= 15 is 0 Å². The Labute approximate surface area is 150 Å². The standard InChI is InChI=1S/C18H19N5OS/c1-12-9-10-16(13(2)11-12)23-18(20-21-22-23)25-14(3)17(24)19-15-7-5-4-6-8-15/h4-11,14H,1-3H3,(H,19,24). The van der Waals surface area contributed by atoms with E-state index in [0.717, 1.165) is 16.9 Å². The minimum Gasteiger partial charge on any atom is -0.325 e. The van der Waals surface area contributed by atoms with Crippen molar-refractivity contribution in [3.8, 4) is 5.69 Å². The van der Waals surface area contributed by atoms with Crippen LogP contribution in [0.5, 0.6) is 0 Å². The lowest BCUT2D eigenvalue weighted by Crippen LogP contribution is -2.22. The lowest BCUT2D eigenvalue weighted by atomic mass is 10.1. The van der Waals surface area contributed by atoms with Gasteiger partial charge in [0.1, 0.15) is 0 Å². The smallest absolute Gasteiger partial charge is 0.237 e. The second kappa shape index (κ2) is 7.48. The molecule has 0 aliphatic carbocycles. The van der Waals surface area contributed by atoms with Gasteiger partial charge in [-0.3, -0.25) is 4.79 Å². The average Bonchev–Trinajstić information content (AvgIpc) is 3.03. The molecule has 1 amide bonds. The molecule has 1 heterocycles. The highest BCUT2D eigenvalue weighted by Gasteiger charge is 2.20. The number of aryl methyl sites for hydroxylation is 2. The van der Waals surface area contributed by atoms with Crippen molar-refractivity contribution in [1.29, 1.82) is 0 Å². The van der Waals surface area contributed by atoms with Gasteiger partial charge in [0.2, 0.25) is 11.1 Å². The van der Waals surface area contributed by atoms with Crippen molar-refractivity contribution in [3.05, 3.63) is 59.7 Å². The highest BCUT2D eigenvalue weighted by molar-refractivity contribution is 8.00. The van der Waals surface area contributed by atoms with Gasteiger partial charge in [0.05, 0.1) is 10.9 Å². The molecule has 0 spiro atoms. The van der Waals surface area contributed by atoms with Crippen molar-refractivity contribution in [2.24, 2.45) is 0 Å². The Balaban J connectivity index is 1.75. The van der Waals surface area contributed by atoms with Crippen LogP contribution in [-0.4, -0.2) is 31.4 Å². The summed E-state index contributed by atoms with van der Waals surface area (Å²) in [6.45, 7) is 5.90. The van der Waals surface area contributed by atoms with Gasteiger partial charge in [0.25, 0.3) is 0 Å². The lowest BCUT2D eigenvalue weighted by molar-refractivity contribution is -0.115. The summed E-state index contributed by atoms with van der Waals surface area (Å²) in [5.41, 5.74) is 3.94. The van der Waals surface area contributed by atoms with Gasteiger partial charge in [-0.15, -0.1) is 5.10 Å². The zero-order valence-electron chi connectivity index (χ0n) is 14.3. The van der Waals surface area contributed by atoms with Crippen molar-refractivity contribution in [2.75, 3.05) is 5.32 Å².